The van der Waals surface area contributed by atoms with Crippen molar-refractivity contribution >= 4 is 27.7 Å². The molecule has 1 amide bonds. The fraction of sp³-hybridized carbons (Fsp3) is 0.385. The molecular formula is C26H30BrN3O5. The largest absolute Gasteiger partial charge is 0.494 e. The van der Waals surface area contributed by atoms with Crippen LogP contribution in [0.4, 0.5) is 0 Å². The number of hydrogen-bond acceptors (Lipinski definition) is 7. The number of amides is 1. The van der Waals surface area contributed by atoms with E-state index in [1.807, 2.05) is 53.5 Å². The molecule has 0 saturated carbocycles. The van der Waals surface area contributed by atoms with E-state index in [4.69, 9.17) is 24.3 Å². The molecule has 0 aliphatic carbocycles. The number of hydrazine groups is 1. The second-order valence-corrected chi connectivity index (χ2v) is 9.29. The third-order valence-electron chi connectivity index (χ3n) is 5.93. The number of carbonyl (C=O) groups is 1. The molecular weight excluding hydrogens is 514 g/mol. The van der Waals surface area contributed by atoms with Crippen molar-refractivity contribution in [3.63, 3.8) is 0 Å². The number of carbonyl (C=O) groups excluding carboxylic acids is 1. The second kappa shape index (κ2) is 11.8. The van der Waals surface area contributed by atoms with Crippen LogP contribution in [-0.4, -0.2) is 67.0 Å². The van der Waals surface area contributed by atoms with E-state index in [1.165, 1.54) is 0 Å². The van der Waals surface area contributed by atoms with Crippen LogP contribution in [0.15, 0.2) is 70.7 Å². The normalized spacial score (nSPS) is 22.2. The summed E-state index contributed by atoms with van der Waals surface area (Å²) < 4.78 is 18.4. The zero-order valence-electron chi connectivity index (χ0n) is 19.5. The number of morpholine rings is 1. The lowest BCUT2D eigenvalue weighted by Crippen LogP contribution is -2.56. The van der Waals surface area contributed by atoms with Gasteiger partial charge in [-0.1, -0.05) is 34.1 Å². The summed E-state index contributed by atoms with van der Waals surface area (Å²) in [7, 11) is 0. The number of aliphatic imine (C=N–C) groups is 1. The number of nitrogens with one attached hydrogen (secondary N) is 1. The van der Waals surface area contributed by atoms with Crippen molar-refractivity contribution < 1.29 is 24.1 Å². The Hall–Kier alpha value is -2.72. The molecule has 2 atom stereocenters. The third kappa shape index (κ3) is 5.92. The standard InChI is InChI=1S/C26H30BrN3O5/c1-2-12-26(25(32)29-30-13-17-33-18-14-30)23(19-4-8-21(27)9-5-19)35-24(28-26)20-6-10-22(11-7-20)34-16-3-15-31/h2,4-11,23,31H,1,3,12-18H2,(H,29,32)/t23-,26-/m0/s1. The van der Waals surface area contributed by atoms with Gasteiger partial charge in [0.25, 0.3) is 5.91 Å². The van der Waals surface area contributed by atoms with Crippen molar-refractivity contribution in [2.75, 3.05) is 39.5 Å². The van der Waals surface area contributed by atoms with Crippen molar-refractivity contribution in [2.45, 2.75) is 24.5 Å². The minimum absolute atomic E-state index is 0.0814. The Labute approximate surface area is 213 Å². The predicted molar refractivity (Wildman–Crippen MR) is 136 cm³/mol. The number of benzene rings is 2. The van der Waals surface area contributed by atoms with Gasteiger partial charge >= 0.3 is 0 Å². The highest BCUT2D eigenvalue weighted by atomic mass is 79.9. The van der Waals surface area contributed by atoms with Gasteiger partial charge in [-0.25, -0.2) is 10.0 Å². The first-order valence-corrected chi connectivity index (χ1v) is 12.5. The summed E-state index contributed by atoms with van der Waals surface area (Å²) in [5, 5.41) is 10.8. The Morgan fingerprint density at radius 1 is 1.23 bits per heavy atom. The molecule has 1 saturated heterocycles. The summed E-state index contributed by atoms with van der Waals surface area (Å²) in [4.78, 5) is 18.7. The number of rotatable bonds is 10. The Morgan fingerprint density at radius 2 is 1.94 bits per heavy atom. The number of nitrogens with zero attached hydrogens (tertiary/aromatic N) is 2. The van der Waals surface area contributed by atoms with Gasteiger partial charge in [-0.2, -0.15) is 0 Å². The summed E-state index contributed by atoms with van der Waals surface area (Å²) in [5.74, 6) is 0.831. The van der Waals surface area contributed by atoms with Crippen molar-refractivity contribution in [1.29, 1.82) is 0 Å². The lowest BCUT2D eigenvalue weighted by atomic mass is 9.84. The van der Waals surface area contributed by atoms with E-state index in [0.717, 1.165) is 15.6 Å². The smallest absolute Gasteiger partial charge is 0.266 e. The van der Waals surface area contributed by atoms with Gasteiger partial charge in [0.2, 0.25) is 5.90 Å². The topological polar surface area (TPSA) is 92.6 Å². The highest BCUT2D eigenvalue weighted by molar-refractivity contribution is 9.10. The first-order valence-electron chi connectivity index (χ1n) is 11.7. The Morgan fingerprint density at radius 3 is 2.60 bits per heavy atom. The van der Waals surface area contributed by atoms with Crippen molar-refractivity contribution in [1.82, 2.24) is 10.4 Å². The van der Waals surface area contributed by atoms with Crippen LogP contribution in [0.3, 0.4) is 0 Å². The monoisotopic (exact) mass is 543 g/mol. The van der Waals surface area contributed by atoms with E-state index in [1.54, 1.807) is 6.08 Å². The van der Waals surface area contributed by atoms with Crippen LogP contribution in [0.2, 0.25) is 0 Å². The minimum Gasteiger partial charge on any atom is -0.494 e. The van der Waals surface area contributed by atoms with Gasteiger partial charge in [0.15, 0.2) is 11.6 Å². The molecule has 186 valence electrons. The van der Waals surface area contributed by atoms with Crippen LogP contribution in [0.1, 0.15) is 30.1 Å². The van der Waals surface area contributed by atoms with Crippen molar-refractivity contribution in [2.24, 2.45) is 4.99 Å². The Bertz CT molecular complexity index is 1040. The van der Waals surface area contributed by atoms with Gasteiger partial charge in [0.1, 0.15) is 5.75 Å². The number of ether oxygens (including phenoxy) is 3. The first-order chi connectivity index (χ1) is 17.1. The first kappa shape index (κ1) is 25.4. The SMILES string of the molecule is C=CC[C@]1(C(=O)NN2CCOCC2)N=C(c2ccc(OCCCO)cc2)O[C@H]1c1ccc(Br)cc1. The molecule has 0 spiro atoms. The maximum Gasteiger partial charge on any atom is 0.266 e. The zero-order chi connectivity index (χ0) is 24.7. The maximum atomic E-state index is 13.8. The quantitative estimate of drug-likeness (QED) is 0.352. The van der Waals surface area contributed by atoms with Gasteiger partial charge in [0, 0.05) is 42.6 Å². The van der Waals surface area contributed by atoms with Crippen LogP contribution in [0.5, 0.6) is 5.75 Å². The molecule has 1 fully saturated rings. The van der Waals surface area contributed by atoms with Crippen LogP contribution in [0, 0.1) is 0 Å². The fourth-order valence-electron chi connectivity index (χ4n) is 4.09. The highest BCUT2D eigenvalue weighted by Gasteiger charge is 2.53. The molecule has 0 bridgehead atoms. The van der Waals surface area contributed by atoms with Gasteiger partial charge in [-0.15, -0.1) is 6.58 Å². The molecule has 2 aromatic carbocycles. The zero-order valence-corrected chi connectivity index (χ0v) is 21.1. The van der Waals surface area contributed by atoms with Crippen LogP contribution < -0.4 is 10.2 Å². The molecule has 8 nitrogen and oxygen atoms in total. The summed E-state index contributed by atoms with van der Waals surface area (Å²) in [6.45, 7) is 6.75. The summed E-state index contributed by atoms with van der Waals surface area (Å²) in [6.07, 6.45) is 1.94. The van der Waals surface area contributed by atoms with E-state index < -0.39 is 11.6 Å². The molecule has 4 rings (SSSR count). The van der Waals surface area contributed by atoms with Crippen LogP contribution >= 0.6 is 15.9 Å². The Kier molecular flexibility index (Phi) is 8.56. The molecule has 0 radical (unpaired) electrons. The summed E-state index contributed by atoms with van der Waals surface area (Å²) >= 11 is 3.48. The summed E-state index contributed by atoms with van der Waals surface area (Å²) in [6, 6.07) is 15.1. The average Bonchev–Trinajstić information content (AvgIpc) is 3.26. The molecule has 2 aromatic rings. The third-order valence-corrected chi connectivity index (χ3v) is 6.46. The Balaban J connectivity index is 1.66. The molecule has 0 aromatic heterocycles. The van der Waals surface area contributed by atoms with Crippen LogP contribution in [-0.2, 0) is 14.3 Å². The molecule has 35 heavy (non-hydrogen) atoms. The number of halogens is 1. The molecule has 2 aliphatic rings. The van der Waals surface area contributed by atoms with E-state index in [9.17, 15) is 4.79 Å². The molecule has 2 aliphatic heterocycles. The molecule has 9 heteroatoms. The number of aliphatic hydroxyl groups is 1. The van der Waals surface area contributed by atoms with E-state index in [2.05, 4.69) is 27.9 Å². The molecule has 2 heterocycles. The summed E-state index contributed by atoms with van der Waals surface area (Å²) in [5.41, 5.74) is 3.40. The predicted octanol–water partition coefficient (Wildman–Crippen LogP) is 3.41. The van der Waals surface area contributed by atoms with Crippen molar-refractivity contribution in [3.8, 4) is 5.75 Å². The number of aliphatic hydroxyl groups excluding tert-OH is 1. The lowest BCUT2D eigenvalue weighted by molar-refractivity contribution is -0.136. The number of hydrogen-bond donors (Lipinski definition) is 2. The minimum atomic E-state index is -1.22. The van der Waals surface area contributed by atoms with Gasteiger partial charge < -0.3 is 19.3 Å². The molecule has 0 unspecified atom stereocenters. The van der Waals surface area contributed by atoms with Gasteiger partial charge in [0.05, 0.1) is 19.8 Å². The average molecular weight is 544 g/mol. The molecule has 2 N–H and O–H groups in total. The van der Waals surface area contributed by atoms with Gasteiger partial charge in [-0.3, -0.25) is 10.2 Å². The van der Waals surface area contributed by atoms with E-state index in [0.29, 0.717) is 57.4 Å². The lowest BCUT2D eigenvalue weighted by Gasteiger charge is -2.34. The van der Waals surface area contributed by atoms with Gasteiger partial charge in [-0.05, 0) is 42.0 Å². The maximum absolute atomic E-state index is 13.8. The van der Waals surface area contributed by atoms with E-state index in [-0.39, 0.29) is 12.5 Å². The highest BCUT2D eigenvalue weighted by Crippen LogP contribution is 2.43. The van der Waals surface area contributed by atoms with Crippen LogP contribution in [0.25, 0.3) is 0 Å². The second-order valence-electron chi connectivity index (χ2n) is 8.37. The van der Waals surface area contributed by atoms with E-state index >= 15 is 0 Å². The van der Waals surface area contributed by atoms with Crippen molar-refractivity contribution in [3.05, 3.63) is 76.8 Å². The fourth-order valence-corrected chi connectivity index (χ4v) is 4.35.